The Morgan fingerprint density at radius 1 is 1.45 bits per heavy atom. The van der Waals surface area contributed by atoms with E-state index in [0.717, 1.165) is 16.4 Å². The van der Waals surface area contributed by atoms with Crippen molar-refractivity contribution in [2.24, 2.45) is 0 Å². The van der Waals surface area contributed by atoms with Crippen molar-refractivity contribution < 1.29 is 22.7 Å². The van der Waals surface area contributed by atoms with Crippen LogP contribution in [-0.2, 0) is 14.8 Å². The topological polar surface area (TPSA) is 92.9 Å². The van der Waals surface area contributed by atoms with Gasteiger partial charge in [-0.25, -0.2) is 12.8 Å². The fraction of sp³-hybridized carbons (Fsp3) is 0.455. The number of anilines is 1. The van der Waals surface area contributed by atoms with Crippen LogP contribution in [0.15, 0.2) is 21.5 Å². The number of aliphatic hydroxyl groups is 1. The van der Waals surface area contributed by atoms with E-state index in [2.05, 4.69) is 15.9 Å². The zero-order valence-electron chi connectivity index (χ0n) is 10.8. The predicted molar refractivity (Wildman–Crippen MR) is 76.2 cm³/mol. The quantitative estimate of drug-likeness (QED) is 0.692. The zero-order valence-corrected chi connectivity index (χ0v) is 13.2. The third-order valence-electron chi connectivity index (χ3n) is 2.56. The summed E-state index contributed by atoms with van der Waals surface area (Å²) in [7, 11) is -2.47. The third-order valence-corrected chi connectivity index (χ3v) is 5.42. The van der Waals surface area contributed by atoms with Crippen LogP contribution in [0.4, 0.5) is 10.1 Å². The molecule has 0 aromatic heterocycles. The number of rotatable bonds is 7. The largest absolute Gasteiger partial charge is 0.396 e. The van der Waals surface area contributed by atoms with Gasteiger partial charge in [-0.15, -0.1) is 0 Å². The van der Waals surface area contributed by atoms with Crippen molar-refractivity contribution in [2.75, 3.05) is 39.1 Å². The smallest absolute Gasteiger partial charge is 0.244 e. The summed E-state index contributed by atoms with van der Waals surface area (Å²) in [4.78, 5) is -0.152. The molecule has 0 aliphatic carbocycles. The maximum absolute atomic E-state index is 13.3. The van der Waals surface area contributed by atoms with Gasteiger partial charge in [-0.05, 0) is 28.1 Å². The van der Waals surface area contributed by atoms with Gasteiger partial charge >= 0.3 is 0 Å². The Balaban J connectivity index is 3.22. The van der Waals surface area contributed by atoms with E-state index in [1.807, 2.05) is 0 Å². The summed E-state index contributed by atoms with van der Waals surface area (Å²) in [6, 6.07) is 2.04. The summed E-state index contributed by atoms with van der Waals surface area (Å²) in [5.74, 6) is -0.707. The van der Waals surface area contributed by atoms with Gasteiger partial charge in [-0.2, -0.15) is 4.31 Å². The third kappa shape index (κ3) is 3.89. The Kier molecular flexibility index (Phi) is 6.34. The summed E-state index contributed by atoms with van der Waals surface area (Å²) in [6.07, 6.45) is 0. The van der Waals surface area contributed by atoms with E-state index in [-0.39, 0.29) is 41.4 Å². The minimum Gasteiger partial charge on any atom is -0.396 e. The van der Waals surface area contributed by atoms with Gasteiger partial charge in [-0.1, -0.05) is 0 Å². The number of nitrogens with zero attached hydrogens (tertiary/aromatic N) is 1. The predicted octanol–water partition coefficient (Wildman–Crippen LogP) is 0.800. The first-order chi connectivity index (χ1) is 9.34. The number of hydrogen-bond donors (Lipinski definition) is 2. The first-order valence-corrected chi connectivity index (χ1v) is 7.92. The molecule has 1 aromatic carbocycles. The average Bonchev–Trinajstić information content (AvgIpc) is 2.38. The molecule has 0 aliphatic heterocycles. The van der Waals surface area contributed by atoms with Gasteiger partial charge in [0, 0.05) is 24.7 Å². The molecule has 9 heteroatoms. The highest BCUT2D eigenvalue weighted by Gasteiger charge is 2.27. The molecule has 6 nitrogen and oxygen atoms in total. The molecule has 0 heterocycles. The molecular formula is C11H16BrFN2O4S. The lowest BCUT2D eigenvalue weighted by atomic mass is 10.3. The average molecular weight is 371 g/mol. The number of aliphatic hydroxyl groups excluding tert-OH is 1. The van der Waals surface area contributed by atoms with Gasteiger partial charge in [0.1, 0.15) is 5.82 Å². The summed E-state index contributed by atoms with van der Waals surface area (Å²) >= 11 is 3.01. The van der Waals surface area contributed by atoms with E-state index in [1.165, 1.54) is 7.11 Å². The first-order valence-electron chi connectivity index (χ1n) is 5.69. The SMILES string of the molecule is COCCN(CCO)S(=O)(=O)c1cc(N)c(F)cc1Br. The number of methoxy groups -OCH3 is 1. The van der Waals surface area contributed by atoms with Crippen molar-refractivity contribution in [3.63, 3.8) is 0 Å². The monoisotopic (exact) mass is 370 g/mol. The molecule has 0 spiro atoms. The van der Waals surface area contributed by atoms with Crippen LogP contribution in [0.5, 0.6) is 0 Å². The molecule has 0 aliphatic rings. The molecule has 0 unspecified atom stereocenters. The summed E-state index contributed by atoms with van der Waals surface area (Å²) in [5, 5.41) is 8.97. The Hall–Kier alpha value is -0.740. The molecule has 0 fully saturated rings. The fourth-order valence-corrected chi connectivity index (χ4v) is 3.96. The number of hydrogen-bond acceptors (Lipinski definition) is 5. The van der Waals surface area contributed by atoms with E-state index >= 15 is 0 Å². The van der Waals surface area contributed by atoms with E-state index in [4.69, 9.17) is 15.6 Å². The molecule has 0 radical (unpaired) electrons. The van der Waals surface area contributed by atoms with Crippen molar-refractivity contribution in [1.82, 2.24) is 4.31 Å². The highest BCUT2D eigenvalue weighted by molar-refractivity contribution is 9.10. The van der Waals surface area contributed by atoms with Crippen LogP contribution in [0.25, 0.3) is 0 Å². The zero-order chi connectivity index (χ0) is 15.3. The van der Waals surface area contributed by atoms with E-state index in [0.29, 0.717) is 0 Å². The van der Waals surface area contributed by atoms with Crippen LogP contribution in [0.3, 0.4) is 0 Å². The standard InChI is InChI=1S/C11H16BrFN2O4S/c1-19-5-3-15(2-4-16)20(17,18)11-7-10(14)9(13)6-8(11)12/h6-7,16H,2-5,14H2,1H3. The van der Waals surface area contributed by atoms with Crippen LogP contribution >= 0.6 is 15.9 Å². The first kappa shape index (κ1) is 17.3. The Morgan fingerprint density at radius 2 is 2.10 bits per heavy atom. The Morgan fingerprint density at radius 3 is 2.65 bits per heavy atom. The number of nitrogens with two attached hydrogens (primary N) is 1. The number of nitrogen functional groups attached to an aromatic ring is 1. The van der Waals surface area contributed by atoms with Crippen LogP contribution in [0.1, 0.15) is 0 Å². The molecule has 0 atom stereocenters. The second-order valence-electron chi connectivity index (χ2n) is 3.92. The van der Waals surface area contributed by atoms with Gasteiger partial charge in [0.05, 0.1) is 23.8 Å². The highest BCUT2D eigenvalue weighted by atomic mass is 79.9. The molecule has 0 saturated carbocycles. The molecule has 0 amide bonds. The molecule has 0 bridgehead atoms. The van der Waals surface area contributed by atoms with Crippen LogP contribution in [0.2, 0.25) is 0 Å². The van der Waals surface area contributed by atoms with Crippen LogP contribution < -0.4 is 5.73 Å². The van der Waals surface area contributed by atoms with Crippen LogP contribution in [0, 0.1) is 5.82 Å². The Labute approximate surface area is 125 Å². The minimum atomic E-state index is -3.91. The second kappa shape index (κ2) is 7.32. The maximum Gasteiger partial charge on any atom is 0.244 e. The number of sulfonamides is 1. The van der Waals surface area contributed by atoms with E-state index in [1.54, 1.807) is 0 Å². The molecule has 0 saturated heterocycles. The van der Waals surface area contributed by atoms with Crippen LogP contribution in [-0.4, -0.2) is 51.2 Å². The van der Waals surface area contributed by atoms with Crippen molar-refractivity contribution in [3.05, 3.63) is 22.4 Å². The van der Waals surface area contributed by atoms with E-state index in [9.17, 15) is 12.8 Å². The number of halogens is 2. The fourth-order valence-electron chi connectivity index (χ4n) is 1.54. The van der Waals surface area contributed by atoms with Crippen molar-refractivity contribution in [3.8, 4) is 0 Å². The molecule has 3 N–H and O–H groups in total. The minimum absolute atomic E-state index is 0.0725. The van der Waals surface area contributed by atoms with Gasteiger partial charge in [-0.3, -0.25) is 0 Å². The summed E-state index contributed by atoms with van der Waals surface area (Å²) in [5.41, 5.74) is 5.15. The summed E-state index contributed by atoms with van der Waals surface area (Å²) in [6.45, 7) is -0.177. The van der Waals surface area contributed by atoms with Crippen molar-refractivity contribution in [1.29, 1.82) is 0 Å². The lowest BCUT2D eigenvalue weighted by Gasteiger charge is -2.21. The van der Waals surface area contributed by atoms with Gasteiger partial charge in [0.2, 0.25) is 10.0 Å². The van der Waals surface area contributed by atoms with E-state index < -0.39 is 15.8 Å². The lowest BCUT2D eigenvalue weighted by Crippen LogP contribution is -2.36. The van der Waals surface area contributed by atoms with Gasteiger partial charge in [0.15, 0.2) is 0 Å². The highest BCUT2D eigenvalue weighted by Crippen LogP contribution is 2.29. The Bertz CT molecular complexity index is 568. The number of benzene rings is 1. The van der Waals surface area contributed by atoms with Gasteiger partial charge < -0.3 is 15.6 Å². The molecule has 1 rings (SSSR count). The molecule has 1 aromatic rings. The molecule has 20 heavy (non-hydrogen) atoms. The molecular weight excluding hydrogens is 355 g/mol. The second-order valence-corrected chi connectivity index (χ2v) is 6.69. The van der Waals surface area contributed by atoms with Crippen molar-refractivity contribution >= 4 is 31.6 Å². The van der Waals surface area contributed by atoms with Crippen molar-refractivity contribution in [2.45, 2.75) is 4.90 Å². The maximum atomic E-state index is 13.3. The van der Waals surface area contributed by atoms with Gasteiger partial charge in [0.25, 0.3) is 0 Å². The lowest BCUT2D eigenvalue weighted by molar-refractivity contribution is 0.168. The summed E-state index contributed by atoms with van der Waals surface area (Å²) < 4.78 is 44.2. The normalized spacial score (nSPS) is 12.1. The molecule has 114 valence electrons. The number of ether oxygens (including phenoxy) is 1.